The molecule has 1 aromatic rings. The lowest BCUT2D eigenvalue weighted by molar-refractivity contribution is 0.666. The molecule has 0 bridgehead atoms. The van der Waals surface area contributed by atoms with Gasteiger partial charge in [-0.3, -0.25) is 0 Å². The highest BCUT2D eigenvalue weighted by Gasteiger charge is 2.08. The van der Waals surface area contributed by atoms with Gasteiger partial charge in [0.1, 0.15) is 12.4 Å². The van der Waals surface area contributed by atoms with Crippen LogP contribution in [-0.4, -0.2) is 33.1 Å². The highest BCUT2D eigenvalue weighted by molar-refractivity contribution is 7.99. The summed E-state index contributed by atoms with van der Waals surface area (Å²) in [5.41, 5.74) is 0. The predicted octanol–water partition coefficient (Wildman–Crippen LogP) is 0.409. The molecule has 1 aromatic heterocycles. The van der Waals surface area contributed by atoms with E-state index in [0.29, 0.717) is 5.75 Å². The topological polar surface area (TPSA) is 66.5 Å². The van der Waals surface area contributed by atoms with Crippen molar-refractivity contribution in [2.45, 2.75) is 18.1 Å². The van der Waals surface area contributed by atoms with Crippen LogP contribution in [0.3, 0.4) is 0 Å². The third-order valence-corrected chi connectivity index (χ3v) is 2.78. The summed E-state index contributed by atoms with van der Waals surface area (Å²) in [5.74, 6) is 0.691. The Kier molecular flexibility index (Phi) is 4.43. The monoisotopic (exact) mass is 211 g/mol. The number of hydrogen-bond acceptors (Lipinski definition) is 5. The Balaban J connectivity index is 2.40. The lowest BCUT2D eigenvalue weighted by atomic mass is 10.4. The Bertz CT molecular complexity index is 316. The molecular weight excluding hydrogens is 198 g/mol. The summed E-state index contributed by atoms with van der Waals surface area (Å²) in [6, 6.07) is 2.07. The minimum Gasteiger partial charge on any atom is -0.302 e. The van der Waals surface area contributed by atoms with E-state index in [1.807, 2.05) is 14.0 Å². The zero-order chi connectivity index (χ0) is 10.4. The molecule has 1 rings (SSSR count). The molecule has 0 fully saturated rings. The molecule has 6 heteroatoms. The van der Waals surface area contributed by atoms with Crippen molar-refractivity contribution in [3.63, 3.8) is 0 Å². The Hall–Kier alpha value is -1.06. The summed E-state index contributed by atoms with van der Waals surface area (Å²) < 4.78 is 1.70. The third kappa shape index (κ3) is 3.01. The van der Waals surface area contributed by atoms with Crippen molar-refractivity contribution in [1.29, 1.82) is 5.26 Å². The summed E-state index contributed by atoms with van der Waals surface area (Å²) >= 11 is 1.53. The minimum atomic E-state index is -0.123. The molecule has 1 N–H and O–H groups in total. The van der Waals surface area contributed by atoms with Gasteiger partial charge in [0, 0.05) is 12.8 Å². The van der Waals surface area contributed by atoms with Crippen LogP contribution >= 0.6 is 11.8 Å². The molecule has 0 aromatic carbocycles. The van der Waals surface area contributed by atoms with Gasteiger partial charge in [0.05, 0.1) is 6.07 Å². The number of hydrogen-bond donors (Lipinski definition) is 1. The number of aryl methyl sites for hydroxylation is 1. The van der Waals surface area contributed by atoms with Gasteiger partial charge in [0.2, 0.25) is 0 Å². The first kappa shape index (κ1) is 11.0. The number of thioether (sulfide) groups is 1. The zero-order valence-electron chi connectivity index (χ0n) is 8.27. The summed E-state index contributed by atoms with van der Waals surface area (Å²) in [6.45, 7) is 2.79. The minimum absolute atomic E-state index is 0.123. The van der Waals surface area contributed by atoms with Crippen LogP contribution in [0.1, 0.15) is 6.92 Å². The average Bonchev–Trinajstić information content (AvgIpc) is 2.59. The van der Waals surface area contributed by atoms with E-state index in [-0.39, 0.29) is 6.04 Å². The van der Waals surface area contributed by atoms with Gasteiger partial charge in [0.25, 0.3) is 0 Å². The molecule has 14 heavy (non-hydrogen) atoms. The largest absolute Gasteiger partial charge is 0.302 e. The van der Waals surface area contributed by atoms with Gasteiger partial charge in [-0.05, 0) is 6.54 Å². The second-order valence-electron chi connectivity index (χ2n) is 2.72. The molecule has 1 unspecified atom stereocenters. The first-order valence-corrected chi connectivity index (χ1v) is 5.36. The third-order valence-electron chi connectivity index (χ3n) is 1.66. The number of nitriles is 1. The van der Waals surface area contributed by atoms with E-state index < -0.39 is 0 Å². The number of rotatable bonds is 5. The highest BCUT2D eigenvalue weighted by Crippen LogP contribution is 2.13. The fourth-order valence-electron chi connectivity index (χ4n) is 0.962. The van der Waals surface area contributed by atoms with Crippen molar-refractivity contribution in [3.05, 3.63) is 6.33 Å². The predicted molar refractivity (Wildman–Crippen MR) is 54.8 cm³/mol. The lowest BCUT2D eigenvalue weighted by Crippen LogP contribution is -2.29. The number of nitrogens with one attached hydrogen (secondary N) is 1. The molecule has 76 valence electrons. The molecular formula is C8H13N5S. The molecule has 0 amide bonds. The molecule has 0 spiro atoms. The van der Waals surface area contributed by atoms with Crippen LogP contribution < -0.4 is 5.32 Å². The summed E-state index contributed by atoms with van der Waals surface area (Å²) in [5, 5.41) is 16.6. The molecule has 0 saturated heterocycles. The maximum atomic E-state index is 8.79. The van der Waals surface area contributed by atoms with Crippen LogP contribution in [0.15, 0.2) is 11.5 Å². The normalized spacial score (nSPS) is 12.4. The fraction of sp³-hybridized carbons (Fsp3) is 0.625. The van der Waals surface area contributed by atoms with E-state index in [9.17, 15) is 0 Å². The maximum Gasteiger partial charge on any atom is 0.185 e. The van der Waals surface area contributed by atoms with Gasteiger partial charge in [0.15, 0.2) is 5.16 Å². The van der Waals surface area contributed by atoms with Crippen LogP contribution in [-0.2, 0) is 7.05 Å². The Labute approximate surface area is 87.5 Å². The first-order chi connectivity index (χ1) is 6.77. The number of aromatic nitrogens is 3. The SMILES string of the molecule is CCNC(C#N)CSc1ncnn1C. The fourth-order valence-corrected chi connectivity index (χ4v) is 1.83. The molecule has 0 aliphatic carbocycles. The van der Waals surface area contributed by atoms with Crippen molar-refractivity contribution in [2.75, 3.05) is 12.3 Å². The molecule has 0 aliphatic heterocycles. The van der Waals surface area contributed by atoms with Crippen LogP contribution in [0.5, 0.6) is 0 Å². The lowest BCUT2D eigenvalue weighted by Gasteiger charge is -2.07. The maximum absolute atomic E-state index is 8.79. The van der Waals surface area contributed by atoms with Crippen LogP contribution in [0, 0.1) is 11.3 Å². The van der Waals surface area contributed by atoms with E-state index in [1.165, 1.54) is 18.1 Å². The number of nitrogens with zero attached hydrogens (tertiary/aromatic N) is 4. The highest BCUT2D eigenvalue weighted by atomic mass is 32.2. The zero-order valence-corrected chi connectivity index (χ0v) is 9.08. The van der Waals surface area contributed by atoms with Gasteiger partial charge in [-0.25, -0.2) is 9.67 Å². The van der Waals surface area contributed by atoms with Crippen molar-refractivity contribution < 1.29 is 0 Å². The second-order valence-corrected chi connectivity index (χ2v) is 3.70. The van der Waals surface area contributed by atoms with E-state index in [0.717, 1.165) is 11.7 Å². The summed E-state index contributed by atoms with van der Waals surface area (Å²) in [4.78, 5) is 4.06. The standard InChI is InChI=1S/C8H13N5S/c1-3-10-7(4-9)5-14-8-11-6-12-13(8)2/h6-7,10H,3,5H2,1-2H3. The van der Waals surface area contributed by atoms with E-state index in [4.69, 9.17) is 5.26 Å². The second kappa shape index (κ2) is 5.62. The van der Waals surface area contributed by atoms with E-state index in [2.05, 4.69) is 21.5 Å². The molecule has 0 radical (unpaired) electrons. The van der Waals surface area contributed by atoms with Crippen molar-refractivity contribution >= 4 is 11.8 Å². The molecule has 1 atom stereocenters. The van der Waals surface area contributed by atoms with E-state index >= 15 is 0 Å². The molecule has 0 aliphatic rings. The molecule has 1 heterocycles. The van der Waals surface area contributed by atoms with Crippen LogP contribution in [0.4, 0.5) is 0 Å². The Morgan fingerprint density at radius 2 is 2.57 bits per heavy atom. The summed E-state index contributed by atoms with van der Waals surface area (Å²) in [6.07, 6.45) is 1.51. The first-order valence-electron chi connectivity index (χ1n) is 4.37. The molecule has 5 nitrogen and oxygen atoms in total. The quantitative estimate of drug-likeness (QED) is 0.714. The van der Waals surface area contributed by atoms with Crippen molar-refractivity contribution in [1.82, 2.24) is 20.1 Å². The van der Waals surface area contributed by atoms with Gasteiger partial charge in [-0.1, -0.05) is 18.7 Å². The van der Waals surface area contributed by atoms with Crippen LogP contribution in [0.25, 0.3) is 0 Å². The van der Waals surface area contributed by atoms with Gasteiger partial charge >= 0.3 is 0 Å². The van der Waals surface area contributed by atoms with Crippen molar-refractivity contribution in [2.24, 2.45) is 7.05 Å². The smallest absolute Gasteiger partial charge is 0.185 e. The average molecular weight is 211 g/mol. The van der Waals surface area contributed by atoms with Crippen molar-refractivity contribution in [3.8, 4) is 6.07 Å². The molecule has 0 saturated carbocycles. The van der Waals surface area contributed by atoms with E-state index in [1.54, 1.807) is 4.68 Å². The van der Waals surface area contributed by atoms with Gasteiger partial charge in [-0.15, -0.1) is 0 Å². The van der Waals surface area contributed by atoms with Crippen LogP contribution in [0.2, 0.25) is 0 Å². The van der Waals surface area contributed by atoms with Gasteiger partial charge < -0.3 is 5.32 Å². The van der Waals surface area contributed by atoms with Gasteiger partial charge in [-0.2, -0.15) is 10.4 Å². The Morgan fingerprint density at radius 3 is 3.07 bits per heavy atom. The Morgan fingerprint density at radius 1 is 1.79 bits per heavy atom. The summed E-state index contributed by atoms with van der Waals surface area (Å²) in [7, 11) is 1.84.